The second-order valence-electron chi connectivity index (χ2n) is 2.51. The largest absolute Gasteiger partial charge is 0.369 e. The molecule has 1 amide bonds. The molecule has 6 heteroatoms. The van der Waals surface area contributed by atoms with Gasteiger partial charge in [-0.3, -0.25) is 9.35 Å². The topological polar surface area (TPSA) is 83.6 Å². The smallest absolute Gasteiger partial charge is 0.234 e. The number of primary amides is 1. The van der Waals surface area contributed by atoms with E-state index in [0.717, 1.165) is 0 Å². The second kappa shape index (κ2) is 3.29. The fraction of sp³-hybridized carbons (Fsp3) is 0.800. The highest BCUT2D eigenvalue weighted by molar-refractivity contribution is 7.76. The third-order valence-corrected chi connectivity index (χ3v) is 2.55. The molecule has 1 aliphatic heterocycles. The molecule has 0 aromatic carbocycles. The minimum atomic E-state index is -1.95. The zero-order valence-electron chi connectivity index (χ0n) is 5.90. The summed E-state index contributed by atoms with van der Waals surface area (Å²) in [4.78, 5) is 10.6. The molecule has 1 heterocycles. The molecule has 0 spiro atoms. The molecule has 1 fully saturated rings. The van der Waals surface area contributed by atoms with Gasteiger partial charge in [0, 0.05) is 13.1 Å². The van der Waals surface area contributed by atoms with Crippen molar-refractivity contribution < 1.29 is 13.6 Å². The summed E-state index contributed by atoms with van der Waals surface area (Å²) in [6.07, 6.45) is 0.585. The molecular formula is C5H10N2O3S. The number of nitrogens with zero attached hydrogens (tertiary/aromatic N) is 1. The van der Waals surface area contributed by atoms with E-state index < -0.39 is 17.2 Å². The van der Waals surface area contributed by atoms with Crippen LogP contribution in [0.3, 0.4) is 0 Å². The van der Waals surface area contributed by atoms with Crippen molar-refractivity contribution in [3.8, 4) is 0 Å². The highest BCUT2D eigenvalue weighted by Crippen LogP contribution is 2.15. The average Bonchev–Trinajstić information content (AvgIpc) is 2.33. The lowest BCUT2D eigenvalue weighted by molar-refractivity contribution is -0.121. The van der Waals surface area contributed by atoms with Crippen LogP contribution in [0.1, 0.15) is 6.42 Å². The van der Waals surface area contributed by atoms with Crippen molar-refractivity contribution >= 4 is 17.2 Å². The predicted octanol–water partition coefficient (Wildman–Crippen LogP) is -1.07. The molecule has 11 heavy (non-hydrogen) atoms. The number of carbonyl (C=O) groups excluding carboxylic acids is 1. The van der Waals surface area contributed by atoms with Crippen LogP contribution in [0, 0.1) is 5.92 Å². The Bertz CT molecular complexity index is 176. The van der Waals surface area contributed by atoms with Gasteiger partial charge in [-0.25, -0.2) is 8.51 Å². The zero-order chi connectivity index (χ0) is 8.43. The van der Waals surface area contributed by atoms with Crippen molar-refractivity contribution in [1.29, 1.82) is 0 Å². The summed E-state index contributed by atoms with van der Waals surface area (Å²) in [6, 6.07) is 0. The third kappa shape index (κ3) is 1.98. The summed E-state index contributed by atoms with van der Waals surface area (Å²) < 4.78 is 20.4. The van der Waals surface area contributed by atoms with Gasteiger partial charge in [-0.1, -0.05) is 0 Å². The van der Waals surface area contributed by atoms with E-state index in [1.54, 1.807) is 0 Å². The Morgan fingerprint density at radius 3 is 2.64 bits per heavy atom. The summed E-state index contributed by atoms with van der Waals surface area (Å²) in [6.45, 7) is 0.773. The Morgan fingerprint density at radius 2 is 2.36 bits per heavy atom. The number of hydrogen-bond acceptors (Lipinski definition) is 2. The summed E-state index contributed by atoms with van der Waals surface area (Å²) in [7, 11) is 0. The maximum absolute atomic E-state index is 10.6. The second-order valence-corrected chi connectivity index (χ2v) is 3.48. The number of hydrogen-bond donors (Lipinski definition) is 2. The molecule has 0 aliphatic carbocycles. The number of carbonyl (C=O) groups is 1. The van der Waals surface area contributed by atoms with Gasteiger partial charge >= 0.3 is 0 Å². The van der Waals surface area contributed by atoms with Crippen LogP contribution in [0.4, 0.5) is 0 Å². The van der Waals surface area contributed by atoms with Crippen LogP contribution < -0.4 is 5.73 Å². The summed E-state index contributed by atoms with van der Waals surface area (Å²) in [5, 5.41) is 0. The number of rotatable bonds is 2. The zero-order valence-corrected chi connectivity index (χ0v) is 6.71. The van der Waals surface area contributed by atoms with E-state index in [4.69, 9.17) is 10.3 Å². The normalized spacial score (nSPS) is 28.6. The van der Waals surface area contributed by atoms with E-state index >= 15 is 0 Å². The molecule has 0 saturated carbocycles. The lowest BCUT2D eigenvalue weighted by atomic mass is 10.1. The predicted molar refractivity (Wildman–Crippen MR) is 39.6 cm³/mol. The van der Waals surface area contributed by atoms with Crippen molar-refractivity contribution in [3.05, 3.63) is 0 Å². The number of amides is 1. The molecule has 5 nitrogen and oxygen atoms in total. The molecule has 64 valence electrons. The third-order valence-electron chi connectivity index (χ3n) is 1.77. The monoisotopic (exact) mass is 178 g/mol. The summed E-state index contributed by atoms with van der Waals surface area (Å²) in [5.41, 5.74) is 5.01. The van der Waals surface area contributed by atoms with Gasteiger partial charge in [-0.05, 0) is 6.42 Å². The maximum Gasteiger partial charge on any atom is 0.234 e. The van der Waals surface area contributed by atoms with E-state index in [1.165, 1.54) is 4.31 Å². The van der Waals surface area contributed by atoms with Crippen molar-refractivity contribution in [3.63, 3.8) is 0 Å². The van der Waals surface area contributed by atoms with Gasteiger partial charge in [-0.15, -0.1) is 0 Å². The van der Waals surface area contributed by atoms with Crippen molar-refractivity contribution in [2.24, 2.45) is 11.7 Å². The Hall–Kier alpha value is -0.460. The Morgan fingerprint density at radius 1 is 1.73 bits per heavy atom. The molecule has 0 aromatic rings. The molecule has 0 radical (unpaired) electrons. The van der Waals surface area contributed by atoms with E-state index in [-0.39, 0.29) is 5.92 Å². The highest BCUT2D eigenvalue weighted by atomic mass is 32.2. The van der Waals surface area contributed by atoms with Gasteiger partial charge < -0.3 is 5.73 Å². The lowest BCUT2D eigenvalue weighted by Crippen LogP contribution is -2.28. The van der Waals surface area contributed by atoms with Crippen molar-refractivity contribution in [1.82, 2.24) is 4.31 Å². The van der Waals surface area contributed by atoms with Crippen LogP contribution in [-0.2, 0) is 16.1 Å². The van der Waals surface area contributed by atoms with Crippen molar-refractivity contribution in [2.45, 2.75) is 6.42 Å². The minimum Gasteiger partial charge on any atom is -0.369 e. The highest BCUT2D eigenvalue weighted by Gasteiger charge is 2.29. The Balaban J connectivity index is 2.47. The van der Waals surface area contributed by atoms with Crippen LogP contribution in [-0.4, -0.2) is 32.1 Å². The van der Waals surface area contributed by atoms with Crippen LogP contribution in [0.15, 0.2) is 0 Å². The molecule has 1 aliphatic rings. The average molecular weight is 178 g/mol. The van der Waals surface area contributed by atoms with Crippen LogP contribution in [0.2, 0.25) is 0 Å². The number of nitrogens with two attached hydrogens (primary N) is 1. The van der Waals surface area contributed by atoms with Gasteiger partial charge in [0.1, 0.15) is 0 Å². The fourth-order valence-electron chi connectivity index (χ4n) is 1.10. The molecule has 1 unspecified atom stereocenters. The quantitative estimate of drug-likeness (QED) is 0.528. The summed E-state index contributed by atoms with van der Waals surface area (Å²) >= 11 is -1.95. The van der Waals surface area contributed by atoms with Gasteiger partial charge in [0.05, 0.1) is 5.92 Å². The fourth-order valence-corrected chi connectivity index (χ4v) is 1.67. The molecule has 2 atom stereocenters. The van der Waals surface area contributed by atoms with Gasteiger partial charge in [0.25, 0.3) is 0 Å². The molecule has 0 bridgehead atoms. The standard InChI is InChI=1S/C5H10N2O3S/c6-5(8)4-1-2-7(3-4)11(9)10/h4H,1-3H2,(H2,6,8)(H,9,10)/t4-/m1/s1. The van der Waals surface area contributed by atoms with Crippen LogP contribution in [0.25, 0.3) is 0 Å². The molecule has 3 N–H and O–H groups in total. The maximum atomic E-state index is 10.6. The van der Waals surface area contributed by atoms with Gasteiger partial charge in [0.15, 0.2) is 0 Å². The minimum absolute atomic E-state index is 0.258. The van der Waals surface area contributed by atoms with E-state index in [0.29, 0.717) is 19.5 Å². The molecular weight excluding hydrogens is 168 g/mol. The molecule has 0 aromatic heterocycles. The van der Waals surface area contributed by atoms with E-state index in [1.807, 2.05) is 0 Å². The lowest BCUT2D eigenvalue weighted by Gasteiger charge is -2.07. The van der Waals surface area contributed by atoms with Gasteiger partial charge in [-0.2, -0.15) is 0 Å². The first kappa shape index (κ1) is 8.63. The van der Waals surface area contributed by atoms with Crippen molar-refractivity contribution in [2.75, 3.05) is 13.1 Å². The van der Waals surface area contributed by atoms with E-state index in [9.17, 15) is 9.00 Å². The van der Waals surface area contributed by atoms with Crippen LogP contribution >= 0.6 is 0 Å². The Kier molecular flexibility index (Phi) is 2.58. The SMILES string of the molecule is NC(=O)[C@@H]1CCN(S(=O)O)C1. The Labute approximate surface area is 67.0 Å². The molecule has 1 saturated heterocycles. The molecule has 1 rings (SSSR count). The van der Waals surface area contributed by atoms with Gasteiger partial charge in [0.2, 0.25) is 17.2 Å². The summed E-state index contributed by atoms with van der Waals surface area (Å²) in [5.74, 6) is -0.649. The van der Waals surface area contributed by atoms with Crippen LogP contribution in [0.5, 0.6) is 0 Å². The first-order chi connectivity index (χ1) is 5.11. The first-order valence-electron chi connectivity index (χ1n) is 3.26. The van der Waals surface area contributed by atoms with E-state index in [2.05, 4.69) is 0 Å². The first-order valence-corrected chi connectivity index (χ1v) is 4.33.